The lowest BCUT2D eigenvalue weighted by molar-refractivity contribution is 0.260. The Morgan fingerprint density at radius 1 is 1.50 bits per heavy atom. The van der Waals surface area contributed by atoms with Gasteiger partial charge in [-0.25, -0.2) is 9.97 Å². The summed E-state index contributed by atoms with van der Waals surface area (Å²) in [5.74, 6) is 0.944. The monoisotopic (exact) mass is 238 g/mol. The predicted octanol–water partition coefficient (Wildman–Crippen LogP) is 1.70. The van der Waals surface area contributed by atoms with Gasteiger partial charge in [-0.3, -0.25) is 0 Å². The summed E-state index contributed by atoms with van der Waals surface area (Å²) in [6.07, 6.45) is 6.14. The SMILES string of the molecule is CSc1cc(NC2CCCN(C)C2)ncn1. The molecule has 5 heteroatoms. The Bertz CT molecular complexity index is 345. The van der Waals surface area contributed by atoms with Crippen LogP contribution in [0.1, 0.15) is 12.8 Å². The van der Waals surface area contributed by atoms with Gasteiger partial charge in [-0.2, -0.15) is 0 Å². The van der Waals surface area contributed by atoms with Crippen molar-refractivity contribution >= 4 is 17.6 Å². The number of hydrogen-bond acceptors (Lipinski definition) is 5. The van der Waals surface area contributed by atoms with E-state index >= 15 is 0 Å². The average Bonchev–Trinajstić information content (AvgIpc) is 2.29. The average molecular weight is 238 g/mol. The molecule has 2 rings (SSSR count). The highest BCUT2D eigenvalue weighted by molar-refractivity contribution is 7.98. The standard InChI is InChI=1S/C11H18N4S/c1-15-5-3-4-9(7-15)14-10-6-11(16-2)13-8-12-10/h6,8-9H,3-5,7H2,1-2H3,(H,12,13,14). The maximum atomic E-state index is 4.25. The zero-order valence-corrected chi connectivity index (χ0v) is 10.6. The number of likely N-dealkylation sites (tertiary alicyclic amines) is 1. The largest absolute Gasteiger partial charge is 0.366 e. The van der Waals surface area contributed by atoms with E-state index < -0.39 is 0 Å². The van der Waals surface area contributed by atoms with Crippen LogP contribution in [0.25, 0.3) is 0 Å². The van der Waals surface area contributed by atoms with Gasteiger partial charge in [0.15, 0.2) is 0 Å². The summed E-state index contributed by atoms with van der Waals surface area (Å²) in [5.41, 5.74) is 0. The first-order valence-corrected chi connectivity index (χ1v) is 6.81. The second-order valence-corrected chi connectivity index (χ2v) is 5.02. The number of thioether (sulfide) groups is 1. The van der Waals surface area contributed by atoms with Crippen LogP contribution in [0, 0.1) is 0 Å². The van der Waals surface area contributed by atoms with Crippen molar-refractivity contribution in [3.8, 4) is 0 Å². The second kappa shape index (κ2) is 5.50. The Morgan fingerprint density at radius 2 is 2.38 bits per heavy atom. The van der Waals surface area contributed by atoms with Crippen LogP contribution in [0.15, 0.2) is 17.4 Å². The summed E-state index contributed by atoms with van der Waals surface area (Å²) < 4.78 is 0. The van der Waals surface area contributed by atoms with Crippen LogP contribution >= 0.6 is 11.8 Å². The van der Waals surface area contributed by atoms with E-state index in [4.69, 9.17) is 0 Å². The molecule has 1 N–H and O–H groups in total. The Balaban J connectivity index is 1.97. The van der Waals surface area contributed by atoms with Crippen molar-refractivity contribution in [1.29, 1.82) is 0 Å². The first-order valence-electron chi connectivity index (χ1n) is 5.59. The lowest BCUT2D eigenvalue weighted by atomic mass is 10.1. The highest BCUT2D eigenvalue weighted by Gasteiger charge is 2.17. The quantitative estimate of drug-likeness (QED) is 0.641. The number of hydrogen-bond donors (Lipinski definition) is 1. The number of aromatic nitrogens is 2. The van der Waals surface area contributed by atoms with Crippen LogP contribution in [-0.4, -0.2) is 47.3 Å². The van der Waals surface area contributed by atoms with Crippen LogP contribution in [-0.2, 0) is 0 Å². The molecule has 1 aromatic heterocycles. The number of piperidine rings is 1. The summed E-state index contributed by atoms with van der Waals surface area (Å²) >= 11 is 1.64. The maximum Gasteiger partial charge on any atom is 0.130 e. The molecule has 1 saturated heterocycles. The zero-order valence-electron chi connectivity index (χ0n) is 9.81. The van der Waals surface area contributed by atoms with Gasteiger partial charge >= 0.3 is 0 Å². The van der Waals surface area contributed by atoms with Gasteiger partial charge in [-0.15, -0.1) is 11.8 Å². The molecule has 1 unspecified atom stereocenters. The maximum absolute atomic E-state index is 4.25. The fraction of sp³-hybridized carbons (Fsp3) is 0.636. The molecular weight excluding hydrogens is 220 g/mol. The van der Waals surface area contributed by atoms with Crippen molar-refractivity contribution in [2.75, 3.05) is 31.7 Å². The highest BCUT2D eigenvalue weighted by atomic mass is 32.2. The number of rotatable bonds is 3. The topological polar surface area (TPSA) is 41.0 Å². The van der Waals surface area contributed by atoms with Gasteiger partial charge in [0.05, 0.1) is 0 Å². The van der Waals surface area contributed by atoms with Crippen molar-refractivity contribution in [3.63, 3.8) is 0 Å². The molecule has 1 fully saturated rings. The van der Waals surface area contributed by atoms with Gasteiger partial charge in [0.25, 0.3) is 0 Å². The van der Waals surface area contributed by atoms with Crippen molar-refractivity contribution in [2.24, 2.45) is 0 Å². The van der Waals surface area contributed by atoms with E-state index in [0.717, 1.165) is 17.4 Å². The first-order chi connectivity index (χ1) is 7.78. The molecule has 0 amide bonds. The summed E-state index contributed by atoms with van der Waals surface area (Å²) in [6.45, 7) is 2.30. The van der Waals surface area contributed by atoms with Crippen molar-refractivity contribution in [1.82, 2.24) is 14.9 Å². The predicted molar refractivity (Wildman–Crippen MR) is 68.0 cm³/mol. The van der Waals surface area contributed by atoms with Crippen LogP contribution < -0.4 is 5.32 Å². The number of nitrogens with zero attached hydrogens (tertiary/aromatic N) is 3. The van der Waals surface area contributed by atoms with Crippen molar-refractivity contribution in [3.05, 3.63) is 12.4 Å². The summed E-state index contributed by atoms with van der Waals surface area (Å²) in [5, 5.41) is 4.50. The molecular formula is C11H18N4S. The summed E-state index contributed by atoms with van der Waals surface area (Å²) in [6, 6.07) is 2.53. The third-order valence-electron chi connectivity index (χ3n) is 2.83. The summed E-state index contributed by atoms with van der Waals surface area (Å²) in [7, 11) is 2.17. The molecule has 1 atom stereocenters. The molecule has 16 heavy (non-hydrogen) atoms. The normalized spacial score (nSPS) is 22.0. The molecule has 1 aliphatic rings. The molecule has 0 spiro atoms. The van der Waals surface area contributed by atoms with Gasteiger partial charge in [0.1, 0.15) is 17.2 Å². The third-order valence-corrected chi connectivity index (χ3v) is 3.47. The molecule has 0 saturated carbocycles. The van der Waals surface area contributed by atoms with E-state index in [0.29, 0.717) is 6.04 Å². The van der Waals surface area contributed by atoms with Gasteiger partial charge in [0.2, 0.25) is 0 Å². The van der Waals surface area contributed by atoms with Gasteiger partial charge in [-0.05, 0) is 32.7 Å². The number of nitrogens with one attached hydrogen (secondary N) is 1. The summed E-state index contributed by atoms with van der Waals surface area (Å²) in [4.78, 5) is 10.8. The van der Waals surface area contributed by atoms with Crippen LogP contribution in [0.5, 0.6) is 0 Å². The molecule has 0 aliphatic carbocycles. The Kier molecular flexibility index (Phi) is 4.01. The van der Waals surface area contributed by atoms with E-state index in [-0.39, 0.29) is 0 Å². The van der Waals surface area contributed by atoms with Crippen molar-refractivity contribution < 1.29 is 0 Å². The molecule has 0 aromatic carbocycles. The molecule has 88 valence electrons. The van der Waals surface area contributed by atoms with E-state index in [2.05, 4.69) is 27.2 Å². The molecule has 1 aliphatic heterocycles. The highest BCUT2D eigenvalue weighted by Crippen LogP contribution is 2.17. The fourth-order valence-electron chi connectivity index (χ4n) is 2.02. The second-order valence-electron chi connectivity index (χ2n) is 4.19. The van der Waals surface area contributed by atoms with Gasteiger partial charge in [-0.1, -0.05) is 0 Å². The third kappa shape index (κ3) is 3.09. The lowest BCUT2D eigenvalue weighted by Crippen LogP contribution is -2.39. The smallest absolute Gasteiger partial charge is 0.130 e. The Morgan fingerprint density at radius 3 is 3.12 bits per heavy atom. The van der Waals surface area contributed by atoms with E-state index in [1.807, 2.05) is 12.3 Å². The molecule has 4 nitrogen and oxygen atoms in total. The van der Waals surface area contributed by atoms with E-state index in [9.17, 15) is 0 Å². The Labute approximate surface area is 101 Å². The minimum absolute atomic E-state index is 0.517. The zero-order chi connectivity index (χ0) is 11.4. The fourth-order valence-corrected chi connectivity index (χ4v) is 2.41. The molecule has 0 bridgehead atoms. The van der Waals surface area contributed by atoms with Gasteiger partial charge in [0, 0.05) is 18.7 Å². The van der Waals surface area contributed by atoms with Crippen LogP contribution in [0.2, 0.25) is 0 Å². The van der Waals surface area contributed by atoms with Crippen molar-refractivity contribution in [2.45, 2.75) is 23.9 Å². The Hall–Kier alpha value is -0.810. The first kappa shape index (κ1) is 11.7. The molecule has 0 radical (unpaired) electrons. The number of anilines is 1. The molecule has 1 aromatic rings. The minimum Gasteiger partial charge on any atom is -0.366 e. The van der Waals surface area contributed by atoms with Gasteiger partial charge < -0.3 is 10.2 Å². The molecule has 2 heterocycles. The lowest BCUT2D eigenvalue weighted by Gasteiger charge is -2.30. The van der Waals surface area contributed by atoms with Crippen LogP contribution in [0.4, 0.5) is 5.82 Å². The number of likely N-dealkylation sites (N-methyl/N-ethyl adjacent to an activating group) is 1. The van der Waals surface area contributed by atoms with Crippen LogP contribution in [0.3, 0.4) is 0 Å². The minimum atomic E-state index is 0.517. The van der Waals surface area contributed by atoms with E-state index in [1.165, 1.54) is 19.4 Å². The van der Waals surface area contributed by atoms with E-state index in [1.54, 1.807) is 18.1 Å².